The molecule has 170 valence electrons. The van der Waals surface area contributed by atoms with Crippen LogP contribution in [0.5, 0.6) is 11.5 Å². The van der Waals surface area contributed by atoms with Crippen molar-refractivity contribution in [3.63, 3.8) is 0 Å². The molecule has 0 radical (unpaired) electrons. The summed E-state index contributed by atoms with van der Waals surface area (Å²) in [6.07, 6.45) is 2.03. The van der Waals surface area contributed by atoms with Crippen molar-refractivity contribution in [2.24, 2.45) is 0 Å². The van der Waals surface area contributed by atoms with Gasteiger partial charge in [0, 0.05) is 24.9 Å². The molecule has 0 saturated heterocycles. The van der Waals surface area contributed by atoms with E-state index < -0.39 is 19.9 Å². The van der Waals surface area contributed by atoms with Gasteiger partial charge in [-0.25, -0.2) is 21.6 Å². The number of hydrogen-bond donors (Lipinski definition) is 1. The van der Waals surface area contributed by atoms with Crippen molar-refractivity contribution in [3.05, 3.63) is 72.1 Å². The lowest BCUT2D eigenvalue weighted by Crippen LogP contribution is -2.27. The molecular weight excluding hydrogens is 452 g/mol. The minimum atomic E-state index is -4.08. The van der Waals surface area contributed by atoms with E-state index in [0.717, 1.165) is 11.8 Å². The van der Waals surface area contributed by atoms with E-state index in [1.165, 1.54) is 38.5 Å². The van der Waals surface area contributed by atoms with Gasteiger partial charge in [0.1, 0.15) is 4.90 Å². The minimum Gasteiger partial charge on any atom is -0.493 e. The summed E-state index contributed by atoms with van der Waals surface area (Å²) in [4.78, 5) is 3.77. The highest BCUT2D eigenvalue weighted by molar-refractivity contribution is 7.92. The van der Waals surface area contributed by atoms with Crippen LogP contribution in [0, 0.1) is 6.92 Å². The number of pyridine rings is 1. The fraction of sp³-hybridized carbons (Fsp3) is 0.227. The third kappa shape index (κ3) is 4.93. The highest BCUT2D eigenvalue weighted by atomic mass is 32.2. The molecule has 2 aromatic carbocycles. The Hall–Kier alpha value is -2.95. The maximum Gasteiger partial charge on any atom is 0.240 e. The quantitative estimate of drug-likeness (QED) is 0.505. The summed E-state index contributed by atoms with van der Waals surface area (Å²) in [5.41, 5.74) is 1.17. The van der Waals surface area contributed by atoms with Crippen LogP contribution in [0.1, 0.15) is 11.3 Å². The minimum absolute atomic E-state index is 0.0495. The molecule has 0 aliphatic heterocycles. The first-order chi connectivity index (χ1) is 15.2. The van der Waals surface area contributed by atoms with Crippen LogP contribution in [0.15, 0.2) is 75.5 Å². The van der Waals surface area contributed by atoms with Crippen LogP contribution < -0.4 is 14.2 Å². The fourth-order valence-corrected chi connectivity index (χ4v) is 6.01. The molecule has 32 heavy (non-hydrogen) atoms. The van der Waals surface area contributed by atoms with Crippen molar-refractivity contribution in [3.8, 4) is 11.5 Å². The third-order valence-corrected chi connectivity index (χ3v) is 8.19. The van der Waals surface area contributed by atoms with Gasteiger partial charge in [0.05, 0.1) is 24.0 Å². The lowest BCUT2D eigenvalue weighted by atomic mass is 10.2. The number of sulfonamides is 1. The topological polar surface area (TPSA) is 112 Å². The Kier molecular flexibility index (Phi) is 7.17. The zero-order chi connectivity index (χ0) is 23.4. The number of aromatic nitrogens is 1. The van der Waals surface area contributed by atoms with E-state index in [4.69, 9.17) is 9.47 Å². The number of aryl methyl sites for hydroxylation is 1. The Morgan fingerprint density at radius 2 is 1.69 bits per heavy atom. The number of rotatable bonds is 9. The number of benzene rings is 2. The number of ether oxygens (including phenoxy) is 2. The second-order valence-electron chi connectivity index (χ2n) is 6.89. The van der Waals surface area contributed by atoms with E-state index in [1.807, 2.05) is 6.07 Å². The first-order valence-electron chi connectivity index (χ1n) is 9.67. The molecule has 3 rings (SSSR count). The predicted molar refractivity (Wildman–Crippen MR) is 119 cm³/mol. The summed E-state index contributed by atoms with van der Waals surface area (Å²) < 4.78 is 65.4. The van der Waals surface area contributed by atoms with Crippen molar-refractivity contribution in [1.82, 2.24) is 9.71 Å². The highest BCUT2D eigenvalue weighted by Gasteiger charge is 2.27. The summed E-state index contributed by atoms with van der Waals surface area (Å²) in [5, 5.41) is 0. The third-order valence-electron chi connectivity index (χ3n) is 4.82. The molecule has 0 aliphatic carbocycles. The van der Waals surface area contributed by atoms with Crippen molar-refractivity contribution in [2.45, 2.75) is 28.0 Å². The van der Waals surface area contributed by atoms with Gasteiger partial charge in [-0.1, -0.05) is 18.2 Å². The Bertz CT molecular complexity index is 1310. The van der Waals surface area contributed by atoms with Gasteiger partial charge in [-0.15, -0.1) is 0 Å². The van der Waals surface area contributed by atoms with E-state index in [-0.39, 0.29) is 32.7 Å². The second kappa shape index (κ2) is 9.68. The number of methoxy groups -OCH3 is 2. The van der Waals surface area contributed by atoms with Gasteiger partial charge in [0.15, 0.2) is 11.5 Å². The van der Waals surface area contributed by atoms with Crippen LogP contribution in [0.3, 0.4) is 0 Å². The molecular formula is C22H24N2O6S2. The van der Waals surface area contributed by atoms with Crippen LogP contribution in [0.2, 0.25) is 0 Å². The monoisotopic (exact) mass is 476 g/mol. The zero-order valence-corrected chi connectivity index (χ0v) is 19.5. The molecule has 1 heterocycles. The molecule has 0 amide bonds. The summed E-state index contributed by atoms with van der Waals surface area (Å²) in [6, 6.07) is 13.9. The first kappa shape index (κ1) is 23.7. The maximum atomic E-state index is 13.3. The Labute approximate surface area is 188 Å². The largest absolute Gasteiger partial charge is 0.493 e. The van der Waals surface area contributed by atoms with Crippen molar-refractivity contribution in [2.75, 3.05) is 20.8 Å². The van der Waals surface area contributed by atoms with Crippen molar-refractivity contribution in [1.29, 1.82) is 0 Å². The average molecular weight is 477 g/mol. The van der Waals surface area contributed by atoms with Gasteiger partial charge in [-0.2, -0.15) is 0 Å². The first-order valence-corrected chi connectivity index (χ1v) is 12.6. The molecule has 8 nitrogen and oxygen atoms in total. The molecule has 10 heteroatoms. The average Bonchev–Trinajstić information content (AvgIpc) is 2.79. The standard InChI is InChI=1S/C22H24N2O6S2/c1-16-10-11-18(31(25,26)20-9-6-8-19(29-2)22(20)30-3)15-21(16)32(27,28)24-14-12-17-7-4-5-13-23-17/h4-11,13,15,24H,12,14H2,1-3H3. The van der Waals surface area contributed by atoms with E-state index in [2.05, 4.69) is 9.71 Å². The molecule has 0 fully saturated rings. The second-order valence-corrected chi connectivity index (χ2v) is 10.5. The van der Waals surface area contributed by atoms with Crippen LogP contribution in [-0.2, 0) is 26.3 Å². The molecule has 3 aromatic rings. The maximum absolute atomic E-state index is 13.3. The lowest BCUT2D eigenvalue weighted by Gasteiger charge is -2.15. The SMILES string of the molecule is COc1cccc(S(=O)(=O)c2ccc(C)c(S(=O)(=O)NCCc3ccccn3)c2)c1OC. The van der Waals surface area contributed by atoms with E-state index in [9.17, 15) is 16.8 Å². The van der Waals surface area contributed by atoms with E-state index in [1.54, 1.807) is 31.3 Å². The molecule has 0 bridgehead atoms. The molecule has 0 unspecified atom stereocenters. The van der Waals surface area contributed by atoms with Crippen molar-refractivity contribution < 1.29 is 26.3 Å². The Balaban J connectivity index is 1.94. The number of nitrogens with zero attached hydrogens (tertiary/aromatic N) is 1. The summed E-state index contributed by atoms with van der Waals surface area (Å²) in [6.45, 7) is 1.73. The van der Waals surface area contributed by atoms with Gasteiger partial charge in [-0.05, 0) is 48.9 Å². The summed E-state index contributed by atoms with van der Waals surface area (Å²) in [5.74, 6) is 0.304. The van der Waals surface area contributed by atoms with Crippen LogP contribution in [-0.4, -0.2) is 42.6 Å². The molecule has 0 spiro atoms. The van der Waals surface area contributed by atoms with Crippen LogP contribution >= 0.6 is 0 Å². The molecule has 1 aromatic heterocycles. The van der Waals surface area contributed by atoms with Crippen LogP contribution in [0.25, 0.3) is 0 Å². The highest BCUT2D eigenvalue weighted by Crippen LogP contribution is 2.37. The lowest BCUT2D eigenvalue weighted by molar-refractivity contribution is 0.347. The smallest absolute Gasteiger partial charge is 0.240 e. The number of hydrogen-bond acceptors (Lipinski definition) is 7. The van der Waals surface area contributed by atoms with Gasteiger partial charge in [0.2, 0.25) is 19.9 Å². The van der Waals surface area contributed by atoms with Gasteiger partial charge >= 0.3 is 0 Å². The summed E-state index contributed by atoms with van der Waals surface area (Å²) >= 11 is 0. The Morgan fingerprint density at radius 3 is 2.34 bits per heavy atom. The normalized spacial score (nSPS) is 11.8. The van der Waals surface area contributed by atoms with E-state index in [0.29, 0.717) is 12.0 Å². The number of sulfone groups is 1. The zero-order valence-electron chi connectivity index (χ0n) is 17.9. The van der Waals surface area contributed by atoms with Crippen molar-refractivity contribution >= 4 is 19.9 Å². The molecule has 0 aliphatic rings. The molecule has 0 saturated carbocycles. The van der Waals surface area contributed by atoms with Crippen LogP contribution in [0.4, 0.5) is 0 Å². The van der Waals surface area contributed by atoms with Gasteiger partial charge in [-0.3, -0.25) is 4.98 Å². The van der Waals surface area contributed by atoms with Gasteiger partial charge in [0.25, 0.3) is 0 Å². The molecule has 1 N–H and O–H groups in total. The Morgan fingerprint density at radius 1 is 0.906 bits per heavy atom. The number of nitrogens with one attached hydrogen (secondary N) is 1. The van der Waals surface area contributed by atoms with E-state index >= 15 is 0 Å². The van der Waals surface area contributed by atoms with Gasteiger partial charge < -0.3 is 9.47 Å². The molecule has 0 atom stereocenters. The number of para-hydroxylation sites is 1. The summed E-state index contributed by atoms with van der Waals surface area (Å²) in [7, 11) is -5.29. The fourth-order valence-electron chi connectivity index (χ4n) is 3.17. The predicted octanol–water partition coefficient (Wildman–Crippen LogP) is 2.76.